The maximum atomic E-state index is 9.52. The Morgan fingerprint density at radius 1 is 0.250 bits per heavy atom. The van der Waals surface area contributed by atoms with Crippen molar-refractivity contribution in [2.45, 2.75) is 0 Å². The van der Waals surface area contributed by atoms with Crippen LogP contribution in [0.25, 0.3) is 133 Å². The van der Waals surface area contributed by atoms with Crippen molar-refractivity contribution in [1.82, 2.24) is 15.0 Å². The Morgan fingerprint density at radius 3 is 1.01 bits per heavy atom. The molecule has 0 spiro atoms. The molecule has 1 heterocycles. The lowest BCUT2D eigenvalue weighted by atomic mass is 9.88. The van der Waals surface area contributed by atoms with E-state index in [0.717, 1.165) is 66.4 Å². The second-order valence-corrected chi connectivity index (χ2v) is 17.5. The number of fused-ring (bicyclic) bond motifs is 5. The second kappa shape index (κ2) is 16.0. The number of rotatable bonds is 7. The minimum Gasteiger partial charge on any atom is -0.208 e. The lowest BCUT2D eigenvalue weighted by Gasteiger charge is -2.15. The van der Waals surface area contributed by atoms with Gasteiger partial charge in [-0.2, -0.15) is 5.26 Å². The number of hydrogen-bond donors (Lipinski definition) is 0. The lowest BCUT2D eigenvalue weighted by Crippen LogP contribution is -2.00. The molecule has 314 valence electrons. The van der Waals surface area contributed by atoms with E-state index in [0.29, 0.717) is 23.0 Å². The first-order valence-corrected chi connectivity index (χ1v) is 22.9. The van der Waals surface area contributed by atoms with Crippen LogP contribution in [-0.4, -0.2) is 15.0 Å². The van der Waals surface area contributed by atoms with Crippen molar-refractivity contribution < 1.29 is 0 Å². The molecular formula is C64H38N4. The molecule has 4 nitrogen and oxygen atoms in total. The fourth-order valence-electron chi connectivity index (χ4n) is 10.0. The van der Waals surface area contributed by atoms with Gasteiger partial charge >= 0.3 is 0 Å². The Labute approximate surface area is 393 Å². The number of nitriles is 1. The Hall–Kier alpha value is -9.30. The molecule has 68 heavy (non-hydrogen) atoms. The molecular weight excluding hydrogens is 825 g/mol. The third-order valence-electron chi connectivity index (χ3n) is 13.5. The molecule has 0 unspecified atom stereocenters. The molecule has 0 atom stereocenters. The molecule has 0 aliphatic heterocycles. The minimum atomic E-state index is 0.629. The Kier molecular flexibility index (Phi) is 9.20. The molecule has 1 aromatic heterocycles. The molecule has 0 radical (unpaired) electrons. The summed E-state index contributed by atoms with van der Waals surface area (Å²) in [5.74, 6) is 1.91. The van der Waals surface area contributed by atoms with E-state index < -0.39 is 0 Å². The normalized spacial score (nSPS) is 11.5. The van der Waals surface area contributed by atoms with Crippen LogP contribution in [0.15, 0.2) is 231 Å². The first-order chi connectivity index (χ1) is 33.6. The third-order valence-corrected chi connectivity index (χ3v) is 13.5. The smallest absolute Gasteiger partial charge is 0.164 e. The summed E-state index contributed by atoms with van der Waals surface area (Å²) in [5.41, 5.74) is 17.7. The van der Waals surface area contributed by atoms with Crippen molar-refractivity contribution in [2.75, 3.05) is 0 Å². The average Bonchev–Trinajstić information content (AvgIpc) is 3.75. The largest absolute Gasteiger partial charge is 0.208 e. The van der Waals surface area contributed by atoms with E-state index in [2.05, 4.69) is 224 Å². The average molecular weight is 863 g/mol. The zero-order valence-corrected chi connectivity index (χ0v) is 36.7. The van der Waals surface area contributed by atoms with Crippen LogP contribution in [0.1, 0.15) is 5.56 Å². The fraction of sp³-hybridized carbons (Fsp3) is 0. The van der Waals surface area contributed by atoms with Crippen molar-refractivity contribution in [3.8, 4) is 107 Å². The molecule has 11 aromatic carbocycles. The highest BCUT2D eigenvalue weighted by atomic mass is 15.0. The molecule has 0 saturated carbocycles. The van der Waals surface area contributed by atoms with E-state index >= 15 is 0 Å². The van der Waals surface area contributed by atoms with Gasteiger partial charge in [0.2, 0.25) is 0 Å². The maximum absolute atomic E-state index is 9.52. The van der Waals surface area contributed by atoms with Crippen molar-refractivity contribution in [2.24, 2.45) is 0 Å². The van der Waals surface area contributed by atoms with Crippen molar-refractivity contribution >= 4 is 32.3 Å². The van der Waals surface area contributed by atoms with Crippen molar-refractivity contribution in [1.29, 1.82) is 5.26 Å². The zero-order chi connectivity index (χ0) is 45.1. The van der Waals surface area contributed by atoms with Gasteiger partial charge in [-0.1, -0.05) is 206 Å². The van der Waals surface area contributed by atoms with Gasteiger partial charge in [-0.05, 0) is 123 Å². The molecule has 13 rings (SSSR count). The van der Waals surface area contributed by atoms with Crippen molar-refractivity contribution in [3.05, 3.63) is 236 Å². The van der Waals surface area contributed by atoms with Crippen LogP contribution in [0, 0.1) is 11.3 Å². The number of aromatic nitrogens is 3. The van der Waals surface area contributed by atoms with E-state index in [1.807, 2.05) is 12.1 Å². The summed E-state index contributed by atoms with van der Waals surface area (Å²) >= 11 is 0. The van der Waals surface area contributed by atoms with Gasteiger partial charge in [0.15, 0.2) is 17.5 Å². The van der Waals surface area contributed by atoms with Crippen LogP contribution in [-0.2, 0) is 0 Å². The molecule has 0 fully saturated rings. The summed E-state index contributed by atoms with van der Waals surface area (Å²) in [7, 11) is 0. The monoisotopic (exact) mass is 862 g/mol. The highest BCUT2D eigenvalue weighted by Gasteiger charge is 2.25. The van der Waals surface area contributed by atoms with Gasteiger partial charge in [-0.25, -0.2) is 15.0 Å². The van der Waals surface area contributed by atoms with Crippen LogP contribution in [0.4, 0.5) is 0 Å². The molecule has 1 aliphatic rings. The Bertz CT molecular complexity index is 3870. The van der Waals surface area contributed by atoms with E-state index in [1.165, 1.54) is 49.4 Å². The SMILES string of the molecule is N#Cc1ccc(-c2ccc3c4c(ccc(-c5ccc(-c6ccc(-c7ccc(-c8nc(-c9ccc%10ccccc%10c9)nc(-c9ccc%10ccccc%10c9)n8)cc7)cc6)cc5)c24)-c2ccccc2-3)cc1. The predicted octanol–water partition coefficient (Wildman–Crippen LogP) is 16.5. The molecule has 1 aliphatic carbocycles. The van der Waals surface area contributed by atoms with Gasteiger partial charge in [0.1, 0.15) is 0 Å². The van der Waals surface area contributed by atoms with Gasteiger partial charge < -0.3 is 0 Å². The predicted molar refractivity (Wildman–Crippen MR) is 280 cm³/mol. The van der Waals surface area contributed by atoms with Crippen LogP contribution >= 0.6 is 0 Å². The van der Waals surface area contributed by atoms with Crippen LogP contribution in [0.2, 0.25) is 0 Å². The summed E-state index contributed by atoms with van der Waals surface area (Å²) in [6.45, 7) is 0. The molecule has 0 saturated heterocycles. The molecule has 12 aromatic rings. The van der Waals surface area contributed by atoms with Crippen molar-refractivity contribution in [3.63, 3.8) is 0 Å². The third kappa shape index (κ3) is 6.73. The number of hydrogen-bond acceptors (Lipinski definition) is 4. The summed E-state index contributed by atoms with van der Waals surface area (Å²) in [5, 5.41) is 16.7. The van der Waals surface area contributed by atoms with Gasteiger partial charge in [-0.15, -0.1) is 0 Å². The number of nitrogens with zero attached hydrogens (tertiary/aromatic N) is 4. The fourth-order valence-corrected chi connectivity index (χ4v) is 10.0. The quantitative estimate of drug-likeness (QED) is 0.160. The summed E-state index contributed by atoms with van der Waals surface area (Å²) in [4.78, 5) is 15.2. The van der Waals surface area contributed by atoms with Crippen LogP contribution < -0.4 is 0 Å². The van der Waals surface area contributed by atoms with E-state index in [1.54, 1.807) is 0 Å². The maximum Gasteiger partial charge on any atom is 0.164 e. The first kappa shape index (κ1) is 39.1. The Balaban J connectivity index is 0.810. The first-order valence-electron chi connectivity index (χ1n) is 22.9. The molecule has 4 heteroatoms. The second-order valence-electron chi connectivity index (χ2n) is 17.5. The molecule has 0 bridgehead atoms. The van der Waals surface area contributed by atoms with Gasteiger partial charge in [0, 0.05) is 16.7 Å². The van der Waals surface area contributed by atoms with E-state index in [9.17, 15) is 5.26 Å². The number of benzene rings is 11. The van der Waals surface area contributed by atoms with Crippen LogP contribution in [0.3, 0.4) is 0 Å². The van der Waals surface area contributed by atoms with E-state index in [-0.39, 0.29) is 0 Å². The highest BCUT2D eigenvalue weighted by Crippen LogP contribution is 2.52. The molecule has 0 amide bonds. The summed E-state index contributed by atoms with van der Waals surface area (Å²) in [6.07, 6.45) is 0. The van der Waals surface area contributed by atoms with Gasteiger partial charge in [0.25, 0.3) is 0 Å². The summed E-state index contributed by atoms with van der Waals surface area (Å²) in [6, 6.07) is 83.7. The van der Waals surface area contributed by atoms with Gasteiger partial charge in [-0.3, -0.25) is 0 Å². The topological polar surface area (TPSA) is 62.5 Å². The van der Waals surface area contributed by atoms with Gasteiger partial charge in [0.05, 0.1) is 11.6 Å². The highest BCUT2D eigenvalue weighted by molar-refractivity contribution is 6.22. The van der Waals surface area contributed by atoms with Crippen LogP contribution in [0.5, 0.6) is 0 Å². The Morgan fingerprint density at radius 2 is 0.574 bits per heavy atom. The summed E-state index contributed by atoms with van der Waals surface area (Å²) < 4.78 is 0. The van der Waals surface area contributed by atoms with E-state index in [4.69, 9.17) is 15.0 Å². The minimum absolute atomic E-state index is 0.629. The zero-order valence-electron chi connectivity index (χ0n) is 36.7. The lowest BCUT2D eigenvalue weighted by molar-refractivity contribution is 1.08. The molecule has 0 N–H and O–H groups in total. The standard InChI is InChI=1S/C64H38N4/c65-39-40-13-15-47(16-14-40)54-33-35-58-56-11-5-6-12-57(56)59-36-34-55(60(54)61(58)59)48-27-21-45(22-28-48)43-17-19-44(20-18-43)46-23-29-49(30-24-46)62-66-63(52-31-25-41-7-1-3-9-50(41)37-52)68-64(67-62)53-32-26-42-8-2-4-10-51(42)38-53/h1-38H.